The zero-order valence-electron chi connectivity index (χ0n) is 6.28. The molecule has 0 fully saturated rings. The lowest BCUT2D eigenvalue weighted by molar-refractivity contribution is 0.0978. The van der Waals surface area contributed by atoms with Gasteiger partial charge in [-0.2, -0.15) is 0 Å². The Labute approximate surface area is 65.1 Å². The van der Waals surface area contributed by atoms with Crippen LogP contribution in [-0.2, 0) is 9.53 Å². The van der Waals surface area contributed by atoms with Crippen LogP contribution in [0.2, 0.25) is 0 Å². The van der Waals surface area contributed by atoms with Gasteiger partial charge in [-0.3, -0.25) is 4.99 Å². The Balaban J connectivity index is 2.71. The molecule has 0 aromatic carbocycles. The summed E-state index contributed by atoms with van der Waals surface area (Å²) < 4.78 is 5.14. The van der Waals surface area contributed by atoms with Gasteiger partial charge in [-0.05, 0) is 19.1 Å². The van der Waals surface area contributed by atoms with Gasteiger partial charge in [0.25, 0.3) is 0 Å². The van der Waals surface area contributed by atoms with Crippen LogP contribution in [0.25, 0.3) is 0 Å². The molecule has 0 spiro atoms. The lowest BCUT2D eigenvalue weighted by Gasteiger charge is -2.12. The van der Waals surface area contributed by atoms with E-state index in [9.17, 15) is 4.79 Å². The Kier molecular flexibility index (Phi) is 2.78. The van der Waals surface area contributed by atoms with E-state index in [-0.39, 0.29) is 0 Å². The van der Waals surface area contributed by atoms with Crippen LogP contribution < -0.4 is 0 Å². The van der Waals surface area contributed by atoms with Crippen molar-refractivity contribution in [1.82, 2.24) is 0 Å². The Morgan fingerprint density at radius 2 is 2.64 bits per heavy atom. The molecule has 0 aromatic heterocycles. The molecular formula is C8H9NO2. The summed E-state index contributed by atoms with van der Waals surface area (Å²) in [6.45, 7) is 2.40. The van der Waals surface area contributed by atoms with Gasteiger partial charge in [0.15, 0.2) is 6.23 Å². The van der Waals surface area contributed by atoms with E-state index in [0.29, 0.717) is 12.2 Å². The number of allylic oxidation sites excluding steroid dienone is 1. The molecule has 0 amide bonds. The minimum absolute atomic E-state index is 0.442. The van der Waals surface area contributed by atoms with Gasteiger partial charge in [0.2, 0.25) is 0 Å². The summed E-state index contributed by atoms with van der Waals surface area (Å²) in [6, 6.07) is 0. The minimum atomic E-state index is -0.442. The molecule has 3 heteroatoms. The van der Waals surface area contributed by atoms with Gasteiger partial charge in [0, 0.05) is 12.8 Å². The number of hydrogen-bond acceptors (Lipinski definition) is 3. The summed E-state index contributed by atoms with van der Waals surface area (Å²) in [5.74, 6) is 1.78. The fourth-order valence-corrected chi connectivity index (χ4v) is 0.812. The Hall–Kier alpha value is -1.18. The summed E-state index contributed by atoms with van der Waals surface area (Å²) >= 11 is 0. The number of hydrogen-bond donors (Lipinski definition) is 0. The van der Waals surface area contributed by atoms with E-state index in [1.54, 1.807) is 24.3 Å². The molecule has 1 aliphatic heterocycles. The Bertz CT molecular complexity index is 236. The fraction of sp³-hybridized carbons (Fsp3) is 0.375. The first-order chi connectivity index (χ1) is 5.38. The molecule has 0 bridgehead atoms. The van der Waals surface area contributed by atoms with Crippen molar-refractivity contribution in [3.8, 4) is 0 Å². The minimum Gasteiger partial charge on any atom is -0.352 e. The molecule has 0 aliphatic carbocycles. The van der Waals surface area contributed by atoms with Crippen molar-refractivity contribution < 1.29 is 9.53 Å². The molecule has 0 saturated heterocycles. The van der Waals surface area contributed by atoms with Crippen molar-refractivity contribution in [3.63, 3.8) is 0 Å². The molecule has 11 heavy (non-hydrogen) atoms. The zero-order chi connectivity index (χ0) is 8.10. The van der Waals surface area contributed by atoms with Crippen LogP contribution in [0.5, 0.6) is 0 Å². The van der Waals surface area contributed by atoms with Crippen molar-refractivity contribution in [2.24, 2.45) is 4.99 Å². The third-order valence-corrected chi connectivity index (χ3v) is 1.29. The molecule has 1 unspecified atom stereocenters. The number of nitrogens with zero attached hydrogens (tertiary/aromatic N) is 1. The van der Waals surface area contributed by atoms with Crippen molar-refractivity contribution in [1.29, 1.82) is 0 Å². The van der Waals surface area contributed by atoms with Gasteiger partial charge in [-0.25, -0.2) is 4.79 Å². The average molecular weight is 151 g/mol. The van der Waals surface area contributed by atoms with Gasteiger partial charge in [0.1, 0.15) is 5.94 Å². The largest absolute Gasteiger partial charge is 0.352 e. The quantitative estimate of drug-likeness (QED) is 0.546. The summed E-state index contributed by atoms with van der Waals surface area (Å²) in [4.78, 5) is 14.2. The summed E-state index contributed by atoms with van der Waals surface area (Å²) in [6.07, 6.45) is 4.51. The molecule has 0 N–H and O–H groups in total. The third-order valence-electron chi connectivity index (χ3n) is 1.29. The molecule has 58 valence electrons. The first-order valence-electron chi connectivity index (χ1n) is 3.45. The Morgan fingerprint density at radius 1 is 1.82 bits per heavy atom. The molecule has 0 radical (unpaired) electrons. The Morgan fingerprint density at radius 3 is 3.27 bits per heavy atom. The van der Waals surface area contributed by atoms with Crippen molar-refractivity contribution in [2.75, 3.05) is 6.61 Å². The number of rotatable bonds is 2. The van der Waals surface area contributed by atoms with Crippen LogP contribution in [0.3, 0.4) is 0 Å². The van der Waals surface area contributed by atoms with Gasteiger partial charge in [-0.15, -0.1) is 0 Å². The highest BCUT2D eigenvalue weighted by Gasteiger charge is 2.12. The maximum Gasteiger partial charge on any atom is 0.184 e. The predicted molar refractivity (Wildman–Crippen MR) is 42.3 cm³/mol. The van der Waals surface area contributed by atoms with Gasteiger partial charge in [0.05, 0.1) is 5.57 Å². The van der Waals surface area contributed by atoms with Crippen molar-refractivity contribution >= 4 is 12.2 Å². The van der Waals surface area contributed by atoms with Crippen LogP contribution >= 0.6 is 0 Å². The van der Waals surface area contributed by atoms with Crippen molar-refractivity contribution in [3.05, 3.63) is 17.7 Å². The van der Waals surface area contributed by atoms with Crippen LogP contribution in [0.4, 0.5) is 0 Å². The monoisotopic (exact) mass is 151 g/mol. The lowest BCUT2D eigenvalue weighted by atomic mass is 10.2. The van der Waals surface area contributed by atoms with E-state index in [1.165, 1.54) is 0 Å². The maximum atomic E-state index is 10.3. The van der Waals surface area contributed by atoms with Crippen LogP contribution in [0.15, 0.2) is 22.7 Å². The van der Waals surface area contributed by atoms with E-state index in [0.717, 1.165) is 0 Å². The molecular weight excluding hydrogens is 142 g/mol. The maximum absolute atomic E-state index is 10.3. The first kappa shape index (κ1) is 7.92. The second-order valence-electron chi connectivity index (χ2n) is 2.02. The number of carbonyl (C=O) groups excluding carboxylic acids is 1. The van der Waals surface area contributed by atoms with Gasteiger partial charge >= 0.3 is 0 Å². The highest BCUT2D eigenvalue weighted by Crippen LogP contribution is 2.09. The molecule has 3 nitrogen and oxygen atoms in total. The normalized spacial score (nSPS) is 21.9. The van der Waals surface area contributed by atoms with Gasteiger partial charge in [-0.1, -0.05) is 0 Å². The lowest BCUT2D eigenvalue weighted by Crippen LogP contribution is -2.14. The molecule has 0 saturated carbocycles. The smallest absolute Gasteiger partial charge is 0.184 e. The number of ether oxygens (including phenoxy) is 1. The SMILES string of the molecule is CCOC1N=CC=CC1=C=O. The second-order valence-corrected chi connectivity index (χ2v) is 2.02. The number of dihydropyridines is 1. The highest BCUT2D eigenvalue weighted by molar-refractivity contribution is 5.77. The van der Waals surface area contributed by atoms with Crippen LogP contribution in [0, 0.1) is 0 Å². The summed E-state index contributed by atoms with van der Waals surface area (Å²) in [7, 11) is 0. The van der Waals surface area contributed by atoms with E-state index in [1.807, 2.05) is 6.92 Å². The van der Waals surface area contributed by atoms with Crippen molar-refractivity contribution in [2.45, 2.75) is 13.2 Å². The third kappa shape index (κ3) is 1.87. The molecule has 1 rings (SSSR count). The molecule has 1 atom stereocenters. The van der Waals surface area contributed by atoms with E-state index in [2.05, 4.69) is 4.99 Å². The molecule has 1 heterocycles. The first-order valence-corrected chi connectivity index (χ1v) is 3.45. The number of aliphatic imine (C=N–C) groups is 1. The van der Waals surface area contributed by atoms with Crippen LogP contribution in [0.1, 0.15) is 6.92 Å². The highest BCUT2D eigenvalue weighted by atomic mass is 16.5. The summed E-state index contributed by atoms with van der Waals surface area (Å²) in [5, 5.41) is 0. The molecule has 1 aliphatic rings. The van der Waals surface area contributed by atoms with E-state index in [4.69, 9.17) is 4.74 Å². The predicted octanol–water partition coefficient (Wildman–Crippen LogP) is 0.748. The van der Waals surface area contributed by atoms with E-state index < -0.39 is 6.23 Å². The second kappa shape index (κ2) is 3.86. The summed E-state index contributed by atoms with van der Waals surface area (Å²) in [5.41, 5.74) is 0.453. The zero-order valence-corrected chi connectivity index (χ0v) is 6.28. The van der Waals surface area contributed by atoms with Crippen LogP contribution in [-0.4, -0.2) is 25.0 Å². The topological polar surface area (TPSA) is 38.7 Å². The fourth-order valence-electron chi connectivity index (χ4n) is 0.812. The standard InChI is InChI=1S/C8H9NO2/c1-2-11-8-7(6-10)4-3-5-9-8/h3-5,8H,2H2,1H3. The van der Waals surface area contributed by atoms with Gasteiger partial charge < -0.3 is 4.74 Å². The molecule has 0 aromatic rings. The van der Waals surface area contributed by atoms with E-state index >= 15 is 0 Å². The average Bonchev–Trinajstić information content (AvgIpc) is 2.06.